The number of pyridine rings is 1. The van der Waals surface area contributed by atoms with Crippen molar-refractivity contribution in [2.75, 3.05) is 5.73 Å². The molecule has 2 heterocycles. The van der Waals surface area contributed by atoms with Gasteiger partial charge in [-0.05, 0) is 41.1 Å². The minimum atomic E-state index is -1.05. The number of tetrazole rings is 1. The van der Waals surface area contributed by atoms with Crippen molar-refractivity contribution in [1.82, 2.24) is 25.2 Å². The molecular formula is C10H10N6O2S. The summed E-state index contributed by atoms with van der Waals surface area (Å²) in [5, 5.41) is 21.2. The Morgan fingerprint density at radius 1 is 1.53 bits per heavy atom. The van der Waals surface area contributed by atoms with Crippen LogP contribution in [0.2, 0.25) is 0 Å². The maximum absolute atomic E-state index is 11.2. The van der Waals surface area contributed by atoms with Gasteiger partial charge in [0.2, 0.25) is 5.16 Å². The van der Waals surface area contributed by atoms with Crippen LogP contribution in [0.1, 0.15) is 29.2 Å². The van der Waals surface area contributed by atoms with E-state index in [9.17, 15) is 4.79 Å². The number of aromatic carboxylic acids is 1. The van der Waals surface area contributed by atoms with Crippen LogP contribution in [0.15, 0.2) is 22.3 Å². The summed E-state index contributed by atoms with van der Waals surface area (Å²) in [6, 6.07) is 1.66. The van der Waals surface area contributed by atoms with Gasteiger partial charge in [-0.25, -0.2) is 14.5 Å². The third-order valence-corrected chi connectivity index (χ3v) is 3.67. The molecule has 19 heavy (non-hydrogen) atoms. The molecule has 3 rings (SSSR count). The molecule has 9 heteroatoms. The lowest BCUT2D eigenvalue weighted by Gasteiger charge is -2.05. The number of hydrogen-bond donors (Lipinski definition) is 2. The normalized spacial score (nSPS) is 14.5. The molecule has 8 nitrogen and oxygen atoms in total. The van der Waals surface area contributed by atoms with Crippen molar-refractivity contribution in [3.05, 3.63) is 17.8 Å². The summed E-state index contributed by atoms with van der Waals surface area (Å²) in [7, 11) is 0. The Labute approximate surface area is 112 Å². The lowest BCUT2D eigenvalue weighted by Crippen LogP contribution is -2.04. The van der Waals surface area contributed by atoms with Crippen LogP contribution < -0.4 is 5.73 Å². The smallest absolute Gasteiger partial charge is 0.337 e. The molecule has 0 atom stereocenters. The Morgan fingerprint density at radius 3 is 3.00 bits per heavy atom. The molecule has 1 fully saturated rings. The lowest BCUT2D eigenvalue weighted by molar-refractivity contribution is 0.0693. The number of carboxylic acid groups (broad SMARTS) is 1. The molecule has 0 bridgehead atoms. The first kappa shape index (κ1) is 11.9. The summed E-state index contributed by atoms with van der Waals surface area (Å²) in [5.74, 6) is -0.884. The van der Waals surface area contributed by atoms with Crippen LogP contribution in [0.3, 0.4) is 0 Å². The zero-order valence-corrected chi connectivity index (χ0v) is 10.5. The lowest BCUT2D eigenvalue weighted by atomic mass is 10.2. The van der Waals surface area contributed by atoms with Crippen molar-refractivity contribution in [3.63, 3.8) is 0 Å². The standard InChI is InChI=1S/C10H10N6O2S/c11-8-3-6(9(17)18)7(4-12-8)19-10-13-14-15-16(10)5-1-2-5/h3-5H,1-2H2,(H2,11,12)(H,17,18). The van der Waals surface area contributed by atoms with Crippen LogP contribution in [0.5, 0.6) is 0 Å². The van der Waals surface area contributed by atoms with E-state index in [4.69, 9.17) is 10.8 Å². The Balaban J connectivity index is 1.94. The molecule has 98 valence electrons. The minimum absolute atomic E-state index is 0.0999. The number of nitrogens with zero attached hydrogens (tertiary/aromatic N) is 5. The fourth-order valence-corrected chi connectivity index (χ4v) is 2.52. The molecule has 2 aromatic heterocycles. The summed E-state index contributed by atoms with van der Waals surface area (Å²) in [6.07, 6.45) is 3.52. The molecule has 0 saturated heterocycles. The molecule has 0 radical (unpaired) electrons. The van der Waals surface area contributed by atoms with Crippen LogP contribution in [-0.4, -0.2) is 36.3 Å². The van der Waals surface area contributed by atoms with Crippen LogP contribution >= 0.6 is 11.8 Å². The average molecular weight is 278 g/mol. The number of hydrogen-bond acceptors (Lipinski definition) is 7. The zero-order chi connectivity index (χ0) is 13.4. The SMILES string of the molecule is Nc1cc(C(=O)O)c(Sc2nnnn2C2CC2)cn1. The highest BCUT2D eigenvalue weighted by Gasteiger charge is 2.28. The van der Waals surface area contributed by atoms with Crippen molar-refractivity contribution < 1.29 is 9.90 Å². The van der Waals surface area contributed by atoms with E-state index in [1.807, 2.05) is 0 Å². The van der Waals surface area contributed by atoms with E-state index in [-0.39, 0.29) is 11.4 Å². The molecule has 1 aliphatic carbocycles. The van der Waals surface area contributed by atoms with Crippen molar-refractivity contribution in [2.24, 2.45) is 0 Å². The summed E-state index contributed by atoms with van der Waals surface area (Å²) in [6.45, 7) is 0. The summed E-state index contributed by atoms with van der Waals surface area (Å²) in [5.41, 5.74) is 5.60. The van der Waals surface area contributed by atoms with E-state index in [1.54, 1.807) is 4.68 Å². The first-order valence-electron chi connectivity index (χ1n) is 5.59. The molecule has 2 aromatic rings. The number of rotatable bonds is 4. The summed E-state index contributed by atoms with van der Waals surface area (Å²) < 4.78 is 1.71. The van der Waals surface area contributed by atoms with E-state index < -0.39 is 5.97 Å². The highest BCUT2D eigenvalue weighted by atomic mass is 32.2. The van der Waals surface area contributed by atoms with E-state index >= 15 is 0 Å². The van der Waals surface area contributed by atoms with Gasteiger partial charge in [0, 0.05) is 11.1 Å². The largest absolute Gasteiger partial charge is 0.478 e. The monoisotopic (exact) mass is 278 g/mol. The van der Waals surface area contributed by atoms with Gasteiger partial charge in [-0.2, -0.15) is 0 Å². The second-order valence-electron chi connectivity index (χ2n) is 4.15. The topological polar surface area (TPSA) is 120 Å². The van der Waals surface area contributed by atoms with Gasteiger partial charge in [-0.15, -0.1) is 5.10 Å². The van der Waals surface area contributed by atoms with Crippen LogP contribution in [0.25, 0.3) is 0 Å². The fraction of sp³-hybridized carbons (Fsp3) is 0.300. The van der Waals surface area contributed by atoms with Crippen LogP contribution in [-0.2, 0) is 0 Å². The second-order valence-corrected chi connectivity index (χ2v) is 5.16. The predicted molar refractivity (Wildman–Crippen MR) is 65.8 cm³/mol. The van der Waals surface area contributed by atoms with Gasteiger partial charge >= 0.3 is 5.97 Å². The molecule has 0 spiro atoms. The third-order valence-electron chi connectivity index (χ3n) is 2.68. The minimum Gasteiger partial charge on any atom is -0.478 e. The number of anilines is 1. The number of nitrogen functional groups attached to an aromatic ring is 1. The van der Waals surface area contributed by atoms with Crippen molar-refractivity contribution >= 4 is 23.5 Å². The van der Waals surface area contributed by atoms with E-state index in [1.165, 1.54) is 24.0 Å². The van der Waals surface area contributed by atoms with Gasteiger partial charge in [-0.1, -0.05) is 0 Å². The van der Waals surface area contributed by atoms with Crippen LogP contribution in [0.4, 0.5) is 5.82 Å². The molecule has 3 N–H and O–H groups in total. The Morgan fingerprint density at radius 2 is 2.32 bits per heavy atom. The molecule has 1 saturated carbocycles. The maximum Gasteiger partial charge on any atom is 0.337 e. The first-order chi connectivity index (χ1) is 9.15. The zero-order valence-electron chi connectivity index (χ0n) is 9.72. The number of carboxylic acids is 1. The number of aromatic nitrogens is 5. The van der Waals surface area contributed by atoms with Gasteiger partial charge in [0.15, 0.2) is 0 Å². The number of nitrogens with two attached hydrogens (primary N) is 1. The Hall–Kier alpha value is -2.16. The van der Waals surface area contributed by atoms with Gasteiger partial charge < -0.3 is 10.8 Å². The van der Waals surface area contributed by atoms with E-state index in [2.05, 4.69) is 20.5 Å². The summed E-state index contributed by atoms with van der Waals surface area (Å²) >= 11 is 1.18. The Bertz CT molecular complexity index is 639. The number of carbonyl (C=O) groups is 1. The highest BCUT2D eigenvalue weighted by Crippen LogP contribution is 2.38. The Kier molecular flexibility index (Phi) is 2.82. The second kappa shape index (κ2) is 4.50. The van der Waals surface area contributed by atoms with Crippen molar-refractivity contribution in [2.45, 2.75) is 28.9 Å². The first-order valence-corrected chi connectivity index (χ1v) is 6.41. The molecule has 0 aliphatic heterocycles. The maximum atomic E-state index is 11.2. The van der Waals surface area contributed by atoms with E-state index in [0.717, 1.165) is 12.8 Å². The van der Waals surface area contributed by atoms with Gasteiger partial charge in [-0.3, -0.25) is 0 Å². The van der Waals surface area contributed by atoms with Crippen LogP contribution in [0, 0.1) is 0 Å². The van der Waals surface area contributed by atoms with E-state index in [0.29, 0.717) is 16.1 Å². The van der Waals surface area contributed by atoms with Gasteiger partial charge in [0.1, 0.15) is 5.82 Å². The summed E-state index contributed by atoms with van der Waals surface area (Å²) in [4.78, 5) is 15.6. The van der Waals surface area contributed by atoms with Crippen molar-refractivity contribution in [3.8, 4) is 0 Å². The average Bonchev–Trinajstić information content (AvgIpc) is 3.12. The quantitative estimate of drug-likeness (QED) is 0.843. The fourth-order valence-electron chi connectivity index (χ4n) is 1.61. The van der Waals surface area contributed by atoms with Gasteiger partial charge in [0.05, 0.1) is 11.6 Å². The molecule has 0 aromatic carbocycles. The molecule has 0 amide bonds. The van der Waals surface area contributed by atoms with Crippen molar-refractivity contribution in [1.29, 1.82) is 0 Å². The highest BCUT2D eigenvalue weighted by molar-refractivity contribution is 7.99. The predicted octanol–water partition coefficient (Wildman–Crippen LogP) is 0.835. The molecule has 0 unspecified atom stereocenters. The van der Waals surface area contributed by atoms with Gasteiger partial charge in [0.25, 0.3) is 0 Å². The molecule has 1 aliphatic rings. The molecular weight excluding hydrogens is 268 g/mol. The third kappa shape index (κ3) is 2.36.